The normalized spacial score (nSPS) is 15.3. The number of ether oxygens (including phenoxy) is 1. The van der Waals surface area contributed by atoms with Gasteiger partial charge in [0.1, 0.15) is 5.75 Å². The molecule has 1 fully saturated rings. The molecule has 5 heteroatoms. The number of hydrogen-bond acceptors (Lipinski definition) is 2. The maximum absolute atomic E-state index is 11.4. The average molecular weight is 271 g/mol. The zero-order chi connectivity index (χ0) is 10.8. The molecule has 1 aromatic rings. The van der Waals surface area contributed by atoms with Gasteiger partial charge in [0, 0.05) is 24.8 Å². The van der Waals surface area contributed by atoms with Gasteiger partial charge in [0.25, 0.3) is 0 Å². The minimum absolute atomic E-state index is 0.0561. The number of rotatable bonds is 2. The number of urea groups is 1. The van der Waals surface area contributed by atoms with Crippen LogP contribution in [0.25, 0.3) is 0 Å². The van der Waals surface area contributed by atoms with E-state index in [2.05, 4.69) is 21.2 Å². The van der Waals surface area contributed by atoms with Crippen molar-refractivity contribution in [3.05, 3.63) is 22.7 Å². The number of hydrogen-bond donors (Lipinski definition) is 1. The molecule has 2 rings (SSSR count). The Kier molecular flexibility index (Phi) is 2.81. The van der Waals surface area contributed by atoms with Crippen molar-refractivity contribution in [3.63, 3.8) is 0 Å². The minimum atomic E-state index is -0.0561. The predicted molar refractivity (Wildman–Crippen MR) is 61.4 cm³/mol. The zero-order valence-corrected chi connectivity index (χ0v) is 9.87. The monoisotopic (exact) mass is 270 g/mol. The first kappa shape index (κ1) is 10.3. The highest BCUT2D eigenvalue weighted by Crippen LogP contribution is 2.30. The topological polar surface area (TPSA) is 41.6 Å². The van der Waals surface area contributed by atoms with E-state index in [-0.39, 0.29) is 6.03 Å². The largest absolute Gasteiger partial charge is 0.495 e. The second-order valence-electron chi connectivity index (χ2n) is 3.20. The van der Waals surface area contributed by atoms with Crippen molar-refractivity contribution in [1.29, 1.82) is 0 Å². The summed E-state index contributed by atoms with van der Waals surface area (Å²) in [5.41, 5.74) is 0.852. The molecule has 0 spiro atoms. The number of methoxy groups -OCH3 is 1. The Bertz CT molecular complexity index is 395. The Morgan fingerprint density at radius 2 is 2.33 bits per heavy atom. The lowest BCUT2D eigenvalue weighted by Crippen LogP contribution is -2.27. The average Bonchev–Trinajstić information content (AvgIpc) is 2.65. The van der Waals surface area contributed by atoms with Crippen LogP contribution in [0.2, 0.25) is 0 Å². The van der Waals surface area contributed by atoms with Crippen LogP contribution in [0.5, 0.6) is 5.75 Å². The van der Waals surface area contributed by atoms with Crippen LogP contribution in [0.4, 0.5) is 10.5 Å². The van der Waals surface area contributed by atoms with Crippen molar-refractivity contribution in [1.82, 2.24) is 5.32 Å². The lowest BCUT2D eigenvalue weighted by atomic mass is 10.3. The second kappa shape index (κ2) is 4.10. The Balaban J connectivity index is 2.32. The fourth-order valence-corrected chi connectivity index (χ4v) is 1.94. The summed E-state index contributed by atoms with van der Waals surface area (Å²) in [7, 11) is 1.61. The van der Waals surface area contributed by atoms with Gasteiger partial charge in [-0.25, -0.2) is 4.79 Å². The number of carbonyl (C=O) groups excluding carboxylic acids is 1. The highest BCUT2D eigenvalue weighted by atomic mass is 79.9. The van der Waals surface area contributed by atoms with Crippen LogP contribution in [0.3, 0.4) is 0 Å². The molecule has 1 N–H and O–H groups in total. The van der Waals surface area contributed by atoms with Crippen LogP contribution in [-0.2, 0) is 0 Å². The maximum Gasteiger partial charge on any atom is 0.321 e. The molecule has 2 amide bonds. The van der Waals surface area contributed by atoms with Crippen LogP contribution in [0, 0.1) is 0 Å². The number of benzene rings is 1. The van der Waals surface area contributed by atoms with E-state index < -0.39 is 0 Å². The summed E-state index contributed by atoms with van der Waals surface area (Å²) in [4.78, 5) is 13.1. The van der Waals surface area contributed by atoms with E-state index in [1.165, 1.54) is 0 Å². The summed E-state index contributed by atoms with van der Waals surface area (Å²) in [6, 6.07) is 5.55. The number of halogens is 1. The van der Waals surface area contributed by atoms with E-state index in [1.54, 1.807) is 12.0 Å². The van der Waals surface area contributed by atoms with Crippen LogP contribution in [-0.4, -0.2) is 26.2 Å². The molecular formula is C10H11BrN2O2. The fraction of sp³-hybridized carbons (Fsp3) is 0.300. The molecule has 0 saturated carbocycles. The summed E-state index contributed by atoms with van der Waals surface area (Å²) in [6.45, 7) is 1.39. The van der Waals surface area contributed by atoms with Crippen molar-refractivity contribution < 1.29 is 9.53 Å². The second-order valence-corrected chi connectivity index (χ2v) is 4.06. The highest BCUT2D eigenvalue weighted by molar-refractivity contribution is 9.10. The third-order valence-electron chi connectivity index (χ3n) is 2.30. The number of anilines is 1. The first-order valence-electron chi connectivity index (χ1n) is 4.61. The molecule has 80 valence electrons. The number of amides is 2. The van der Waals surface area contributed by atoms with E-state index in [0.29, 0.717) is 13.1 Å². The maximum atomic E-state index is 11.4. The van der Waals surface area contributed by atoms with Gasteiger partial charge < -0.3 is 10.1 Å². The summed E-state index contributed by atoms with van der Waals surface area (Å²) < 4.78 is 6.06. The van der Waals surface area contributed by atoms with Gasteiger partial charge in [-0.15, -0.1) is 0 Å². The van der Waals surface area contributed by atoms with Gasteiger partial charge in [-0.2, -0.15) is 0 Å². The third kappa shape index (κ3) is 1.92. The van der Waals surface area contributed by atoms with Gasteiger partial charge in [-0.05, 0) is 28.1 Å². The van der Waals surface area contributed by atoms with Crippen LogP contribution in [0.1, 0.15) is 0 Å². The molecule has 1 aromatic carbocycles. The molecule has 1 saturated heterocycles. The zero-order valence-electron chi connectivity index (χ0n) is 8.29. The molecule has 1 aliphatic heterocycles. The molecule has 0 unspecified atom stereocenters. The van der Waals surface area contributed by atoms with E-state index >= 15 is 0 Å². The molecule has 1 heterocycles. The lowest BCUT2D eigenvalue weighted by molar-refractivity contribution is 0.252. The van der Waals surface area contributed by atoms with E-state index in [9.17, 15) is 4.79 Å². The van der Waals surface area contributed by atoms with Crippen molar-refractivity contribution >= 4 is 27.6 Å². The van der Waals surface area contributed by atoms with Crippen molar-refractivity contribution in [3.8, 4) is 5.75 Å². The summed E-state index contributed by atoms with van der Waals surface area (Å²) in [5.74, 6) is 0.729. The highest BCUT2D eigenvalue weighted by Gasteiger charge is 2.21. The molecule has 15 heavy (non-hydrogen) atoms. The molecular weight excluding hydrogens is 260 g/mol. The minimum Gasteiger partial charge on any atom is -0.495 e. The van der Waals surface area contributed by atoms with Gasteiger partial charge in [0.2, 0.25) is 0 Å². The summed E-state index contributed by atoms with van der Waals surface area (Å²) in [6.07, 6.45) is 0. The third-order valence-corrected chi connectivity index (χ3v) is 2.96. The quantitative estimate of drug-likeness (QED) is 0.893. The number of carbonyl (C=O) groups is 1. The molecule has 0 bridgehead atoms. The molecule has 4 nitrogen and oxygen atoms in total. The smallest absolute Gasteiger partial charge is 0.321 e. The van der Waals surface area contributed by atoms with Gasteiger partial charge in [0.15, 0.2) is 0 Å². The number of nitrogens with zero attached hydrogens (tertiary/aromatic N) is 1. The van der Waals surface area contributed by atoms with Gasteiger partial charge in [0.05, 0.1) is 11.6 Å². The van der Waals surface area contributed by atoms with Crippen LogP contribution < -0.4 is 15.0 Å². The van der Waals surface area contributed by atoms with E-state index in [0.717, 1.165) is 15.9 Å². The Hall–Kier alpha value is -1.23. The molecule has 0 radical (unpaired) electrons. The standard InChI is InChI=1S/C10H11BrN2O2/c1-15-9-6-7(2-3-8(9)11)13-5-4-12-10(13)14/h2-3,6H,4-5H2,1H3,(H,12,14). The van der Waals surface area contributed by atoms with E-state index in [4.69, 9.17) is 4.74 Å². The molecule has 1 aliphatic rings. The fourth-order valence-electron chi connectivity index (χ4n) is 1.53. The Morgan fingerprint density at radius 3 is 2.93 bits per heavy atom. The van der Waals surface area contributed by atoms with Gasteiger partial charge >= 0.3 is 6.03 Å². The van der Waals surface area contributed by atoms with Crippen LogP contribution >= 0.6 is 15.9 Å². The van der Waals surface area contributed by atoms with Crippen LogP contribution in [0.15, 0.2) is 22.7 Å². The van der Waals surface area contributed by atoms with E-state index in [1.807, 2.05) is 18.2 Å². The summed E-state index contributed by atoms with van der Waals surface area (Å²) in [5, 5.41) is 2.75. The molecule has 0 atom stereocenters. The predicted octanol–water partition coefficient (Wildman–Crippen LogP) is 1.99. The number of nitrogens with one attached hydrogen (secondary N) is 1. The first-order chi connectivity index (χ1) is 7.22. The van der Waals surface area contributed by atoms with Crippen molar-refractivity contribution in [2.24, 2.45) is 0 Å². The Morgan fingerprint density at radius 1 is 1.53 bits per heavy atom. The van der Waals surface area contributed by atoms with Crippen molar-refractivity contribution in [2.75, 3.05) is 25.1 Å². The molecule has 0 aliphatic carbocycles. The van der Waals surface area contributed by atoms with Gasteiger partial charge in [-0.3, -0.25) is 4.90 Å². The molecule has 0 aromatic heterocycles. The Labute approximate surface area is 96.3 Å². The lowest BCUT2D eigenvalue weighted by Gasteiger charge is -2.15. The first-order valence-corrected chi connectivity index (χ1v) is 5.40. The SMILES string of the molecule is COc1cc(N2CCNC2=O)ccc1Br. The van der Waals surface area contributed by atoms with Crippen molar-refractivity contribution in [2.45, 2.75) is 0 Å². The summed E-state index contributed by atoms with van der Waals surface area (Å²) >= 11 is 3.37. The van der Waals surface area contributed by atoms with Gasteiger partial charge in [-0.1, -0.05) is 0 Å².